The van der Waals surface area contributed by atoms with Crippen LogP contribution in [-0.4, -0.2) is 15.0 Å². The second kappa shape index (κ2) is 4.14. The van der Waals surface area contributed by atoms with E-state index in [1.165, 1.54) is 11.1 Å². The number of halogens is 1. The third kappa shape index (κ3) is 2.45. The molecule has 1 aromatic heterocycles. The summed E-state index contributed by atoms with van der Waals surface area (Å²) in [5, 5.41) is 7.98. The van der Waals surface area contributed by atoms with Crippen LogP contribution in [0.5, 0.6) is 0 Å². The maximum absolute atomic E-state index is 4.02. The molecule has 0 unspecified atom stereocenters. The topological polar surface area (TPSA) is 30.7 Å². The predicted molar refractivity (Wildman–Crippen MR) is 62.7 cm³/mol. The van der Waals surface area contributed by atoms with Gasteiger partial charge in [-0.05, 0) is 31.0 Å². The molecule has 0 saturated heterocycles. The summed E-state index contributed by atoms with van der Waals surface area (Å²) in [5.41, 5.74) is 3.41. The van der Waals surface area contributed by atoms with Crippen molar-refractivity contribution in [3.8, 4) is 0 Å². The third-order valence-electron chi connectivity index (χ3n) is 2.19. The van der Waals surface area contributed by atoms with Crippen molar-refractivity contribution in [1.29, 1.82) is 0 Å². The lowest BCUT2D eigenvalue weighted by Crippen LogP contribution is -2.01. The number of nitrogens with zero attached hydrogens (tertiary/aromatic N) is 3. The van der Waals surface area contributed by atoms with Crippen LogP contribution in [-0.2, 0) is 6.54 Å². The van der Waals surface area contributed by atoms with E-state index in [1.807, 2.05) is 17.8 Å². The predicted octanol–water partition coefficient (Wildman–Crippen LogP) is 2.71. The number of aromatic nitrogens is 3. The van der Waals surface area contributed by atoms with E-state index in [9.17, 15) is 0 Å². The highest BCUT2D eigenvalue weighted by Crippen LogP contribution is 2.19. The molecule has 0 N–H and O–H groups in total. The van der Waals surface area contributed by atoms with Crippen LogP contribution in [0.25, 0.3) is 0 Å². The van der Waals surface area contributed by atoms with E-state index in [4.69, 9.17) is 0 Å². The van der Waals surface area contributed by atoms with Gasteiger partial charge in [0.25, 0.3) is 0 Å². The van der Waals surface area contributed by atoms with Crippen molar-refractivity contribution in [2.75, 3.05) is 0 Å². The summed E-state index contributed by atoms with van der Waals surface area (Å²) in [7, 11) is 0. The second-order valence-electron chi connectivity index (χ2n) is 3.65. The van der Waals surface area contributed by atoms with E-state index in [1.54, 1.807) is 0 Å². The molecule has 1 aromatic carbocycles. The van der Waals surface area contributed by atoms with E-state index in [0.717, 1.165) is 16.7 Å². The van der Waals surface area contributed by atoms with Crippen LogP contribution in [0.1, 0.15) is 16.8 Å². The smallest absolute Gasteiger partial charge is 0.0796 e. The first-order chi connectivity index (χ1) is 7.15. The summed E-state index contributed by atoms with van der Waals surface area (Å²) in [5.74, 6) is 0. The minimum atomic E-state index is 0.752. The molecule has 0 spiro atoms. The summed E-state index contributed by atoms with van der Waals surface area (Å²) in [6.45, 7) is 4.77. The lowest BCUT2D eigenvalue weighted by Gasteiger charge is -2.04. The molecule has 78 valence electrons. The Labute approximate surface area is 97.2 Å². The fourth-order valence-electron chi connectivity index (χ4n) is 1.43. The van der Waals surface area contributed by atoms with Gasteiger partial charge in [0.2, 0.25) is 0 Å². The molecule has 2 rings (SSSR count). The van der Waals surface area contributed by atoms with E-state index in [2.05, 4.69) is 51.4 Å². The van der Waals surface area contributed by atoms with Gasteiger partial charge in [-0.15, -0.1) is 5.10 Å². The Morgan fingerprint density at radius 2 is 2.13 bits per heavy atom. The number of benzene rings is 1. The van der Waals surface area contributed by atoms with E-state index in [-0.39, 0.29) is 0 Å². The normalized spacial score (nSPS) is 10.6. The molecule has 0 aliphatic heterocycles. The highest BCUT2D eigenvalue weighted by atomic mass is 79.9. The molecule has 0 bridgehead atoms. The van der Waals surface area contributed by atoms with E-state index in [0.29, 0.717) is 0 Å². The largest absolute Gasteiger partial charge is 0.248 e. The van der Waals surface area contributed by atoms with Crippen LogP contribution >= 0.6 is 15.9 Å². The average Bonchev–Trinajstić information content (AvgIpc) is 2.56. The Hall–Kier alpha value is -1.16. The van der Waals surface area contributed by atoms with Crippen molar-refractivity contribution in [3.63, 3.8) is 0 Å². The molecule has 0 saturated carbocycles. The molecule has 2 aromatic rings. The van der Waals surface area contributed by atoms with Crippen molar-refractivity contribution < 1.29 is 0 Å². The molecular formula is C11H12BrN3. The van der Waals surface area contributed by atoms with Crippen LogP contribution in [0.2, 0.25) is 0 Å². The first-order valence-corrected chi connectivity index (χ1v) is 5.56. The number of rotatable bonds is 2. The van der Waals surface area contributed by atoms with E-state index < -0.39 is 0 Å². The molecule has 0 atom stereocenters. The lowest BCUT2D eigenvalue weighted by molar-refractivity contribution is 0.648. The molecule has 3 nitrogen and oxygen atoms in total. The van der Waals surface area contributed by atoms with Crippen LogP contribution < -0.4 is 0 Å². The Bertz CT molecular complexity index is 476. The minimum Gasteiger partial charge on any atom is -0.248 e. The van der Waals surface area contributed by atoms with Gasteiger partial charge in [-0.2, -0.15) is 0 Å². The van der Waals surface area contributed by atoms with Crippen LogP contribution in [0, 0.1) is 13.8 Å². The first kappa shape index (κ1) is 10.4. The van der Waals surface area contributed by atoms with Gasteiger partial charge in [0.1, 0.15) is 0 Å². The van der Waals surface area contributed by atoms with Crippen LogP contribution in [0.15, 0.2) is 28.9 Å². The maximum atomic E-state index is 4.02. The SMILES string of the molecule is Cc1ccc(Cn2cc(C)nn2)c(Br)c1. The average molecular weight is 266 g/mol. The summed E-state index contributed by atoms with van der Waals surface area (Å²) < 4.78 is 2.96. The van der Waals surface area contributed by atoms with Gasteiger partial charge in [0, 0.05) is 10.7 Å². The molecule has 4 heteroatoms. The highest BCUT2D eigenvalue weighted by Gasteiger charge is 2.02. The van der Waals surface area contributed by atoms with Crippen molar-refractivity contribution >= 4 is 15.9 Å². The molecular weight excluding hydrogens is 254 g/mol. The lowest BCUT2D eigenvalue weighted by atomic mass is 10.1. The zero-order chi connectivity index (χ0) is 10.8. The van der Waals surface area contributed by atoms with Gasteiger partial charge >= 0.3 is 0 Å². The maximum Gasteiger partial charge on any atom is 0.0796 e. The van der Waals surface area contributed by atoms with Gasteiger partial charge in [-0.25, -0.2) is 4.68 Å². The van der Waals surface area contributed by atoms with Crippen molar-refractivity contribution in [2.45, 2.75) is 20.4 Å². The summed E-state index contributed by atoms with van der Waals surface area (Å²) >= 11 is 3.55. The fraction of sp³-hybridized carbons (Fsp3) is 0.273. The van der Waals surface area contributed by atoms with Gasteiger partial charge in [0.15, 0.2) is 0 Å². The Morgan fingerprint density at radius 3 is 2.73 bits per heavy atom. The number of aryl methyl sites for hydroxylation is 2. The van der Waals surface area contributed by atoms with Gasteiger partial charge < -0.3 is 0 Å². The second-order valence-corrected chi connectivity index (χ2v) is 4.51. The Morgan fingerprint density at radius 1 is 1.33 bits per heavy atom. The summed E-state index contributed by atoms with van der Waals surface area (Å²) in [6.07, 6.45) is 1.94. The zero-order valence-corrected chi connectivity index (χ0v) is 10.3. The number of hydrogen-bond donors (Lipinski definition) is 0. The molecule has 0 aliphatic carbocycles. The zero-order valence-electron chi connectivity index (χ0n) is 8.74. The van der Waals surface area contributed by atoms with Crippen molar-refractivity contribution in [1.82, 2.24) is 15.0 Å². The standard InChI is InChI=1S/C11H12BrN3/c1-8-3-4-10(11(12)5-8)7-15-6-9(2)13-14-15/h3-6H,7H2,1-2H3. The van der Waals surface area contributed by atoms with E-state index >= 15 is 0 Å². The molecule has 15 heavy (non-hydrogen) atoms. The highest BCUT2D eigenvalue weighted by molar-refractivity contribution is 9.10. The van der Waals surface area contributed by atoms with Crippen LogP contribution in [0.4, 0.5) is 0 Å². The van der Waals surface area contributed by atoms with Gasteiger partial charge in [-0.3, -0.25) is 0 Å². The Balaban J connectivity index is 2.24. The van der Waals surface area contributed by atoms with Gasteiger partial charge in [0.05, 0.1) is 12.2 Å². The molecule has 1 heterocycles. The molecule has 0 fully saturated rings. The third-order valence-corrected chi connectivity index (χ3v) is 2.93. The number of hydrogen-bond acceptors (Lipinski definition) is 2. The van der Waals surface area contributed by atoms with Crippen molar-refractivity contribution in [2.24, 2.45) is 0 Å². The summed E-state index contributed by atoms with van der Waals surface area (Å²) in [6, 6.07) is 6.32. The van der Waals surface area contributed by atoms with Gasteiger partial charge in [-0.1, -0.05) is 33.3 Å². The van der Waals surface area contributed by atoms with Crippen LogP contribution in [0.3, 0.4) is 0 Å². The van der Waals surface area contributed by atoms with Crippen molar-refractivity contribution in [3.05, 3.63) is 45.7 Å². The monoisotopic (exact) mass is 265 g/mol. The fourth-order valence-corrected chi connectivity index (χ4v) is 2.05. The Kier molecular flexibility index (Phi) is 2.86. The minimum absolute atomic E-state index is 0.752. The molecule has 0 aliphatic rings. The molecule has 0 amide bonds. The molecule has 0 radical (unpaired) electrons. The first-order valence-electron chi connectivity index (χ1n) is 4.77. The summed E-state index contributed by atoms with van der Waals surface area (Å²) in [4.78, 5) is 0. The quantitative estimate of drug-likeness (QED) is 0.836.